The zero-order valence-corrected chi connectivity index (χ0v) is 31.9. The Morgan fingerprint density at radius 2 is 1.27 bits per heavy atom. The molecule has 14 nitrogen and oxygen atoms in total. The van der Waals surface area contributed by atoms with E-state index in [0.29, 0.717) is 42.2 Å². The zero-order chi connectivity index (χ0) is 39.1. The Morgan fingerprint density at radius 3 is 1.82 bits per heavy atom. The Kier molecular flexibility index (Phi) is 10.4. The minimum absolute atomic E-state index is 0.139. The molecule has 5 aromatic rings. The molecule has 290 valence electrons. The number of imidazole rings is 2. The number of alkyl carbamates (subject to hydrolysis) is 2. The van der Waals surface area contributed by atoms with E-state index in [1.165, 1.54) is 20.3 Å². The Hall–Kier alpha value is -5.73. The summed E-state index contributed by atoms with van der Waals surface area (Å²) in [5, 5.41) is 7.16. The highest BCUT2D eigenvalue weighted by Gasteiger charge is 2.39. The summed E-state index contributed by atoms with van der Waals surface area (Å²) in [7, 11) is 2.53. The highest BCUT2D eigenvalue weighted by molar-refractivity contribution is 6.05. The van der Waals surface area contributed by atoms with Gasteiger partial charge in [0, 0.05) is 18.5 Å². The van der Waals surface area contributed by atoms with Crippen molar-refractivity contribution in [2.75, 3.05) is 27.3 Å². The monoisotopic (exact) mass is 754 g/mol. The molecule has 2 aliphatic rings. The summed E-state index contributed by atoms with van der Waals surface area (Å²) in [5.74, 6) is -0.0276. The second kappa shape index (κ2) is 15.2. The van der Waals surface area contributed by atoms with Gasteiger partial charge in [-0.3, -0.25) is 9.59 Å². The topological polar surface area (TPSA) is 175 Å². The summed E-state index contributed by atoms with van der Waals surface area (Å²) in [6.45, 7) is 8.53. The molecule has 2 saturated heterocycles. The molecular formula is C40H47FN8O6. The molecular weight excluding hydrogens is 707 g/mol. The van der Waals surface area contributed by atoms with Crippen molar-refractivity contribution in [3.8, 4) is 11.1 Å². The van der Waals surface area contributed by atoms with Gasteiger partial charge in [0.15, 0.2) is 5.82 Å². The number of amides is 4. The van der Waals surface area contributed by atoms with Crippen LogP contribution in [0.5, 0.6) is 0 Å². The van der Waals surface area contributed by atoms with Crippen molar-refractivity contribution in [1.29, 1.82) is 0 Å². The van der Waals surface area contributed by atoms with Crippen molar-refractivity contribution in [2.24, 2.45) is 11.8 Å². The Labute approximate surface area is 317 Å². The molecule has 2 aliphatic heterocycles. The Morgan fingerprint density at radius 1 is 0.727 bits per heavy atom. The number of ether oxygens (including phenoxy) is 2. The third-order valence-electron chi connectivity index (χ3n) is 10.9. The zero-order valence-electron chi connectivity index (χ0n) is 31.9. The van der Waals surface area contributed by atoms with E-state index in [1.54, 1.807) is 9.80 Å². The van der Waals surface area contributed by atoms with Gasteiger partial charge in [0.25, 0.3) is 0 Å². The lowest BCUT2D eigenvalue weighted by atomic mass is 10.00. The van der Waals surface area contributed by atoms with E-state index in [-0.39, 0.29) is 35.2 Å². The number of carbonyl (C=O) groups is 4. The first kappa shape index (κ1) is 37.6. The highest BCUT2D eigenvalue weighted by atomic mass is 19.1. The fourth-order valence-electron chi connectivity index (χ4n) is 7.96. The van der Waals surface area contributed by atoms with Crippen molar-refractivity contribution in [3.05, 3.63) is 59.9 Å². The smallest absolute Gasteiger partial charge is 0.407 e. The molecule has 4 amide bonds. The van der Waals surface area contributed by atoms with Gasteiger partial charge in [-0.15, -0.1) is 0 Å². The molecule has 15 heteroatoms. The average Bonchev–Trinajstić information content (AvgIpc) is 4.00. The predicted molar refractivity (Wildman–Crippen MR) is 204 cm³/mol. The fraction of sp³-hybridized carbons (Fsp3) is 0.450. The van der Waals surface area contributed by atoms with Gasteiger partial charge in [0.05, 0.1) is 42.9 Å². The number of carbonyl (C=O) groups excluding carboxylic acids is 4. The lowest BCUT2D eigenvalue weighted by Gasteiger charge is -2.29. The summed E-state index contributed by atoms with van der Waals surface area (Å²) in [6, 6.07) is 11.0. The molecule has 2 aromatic heterocycles. The van der Waals surface area contributed by atoms with E-state index in [1.807, 2.05) is 64.1 Å². The number of hydrogen-bond donors (Lipinski definition) is 4. The third kappa shape index (κ3) is 7.14. The minimum atomic E-state index is -0.774. The van der Waals surface area contributed by atoms with Gasteiger partial charge in [-0.2, -0.15) is 0 Å². The maximum atomic E-state index is 15.7. The lowest BCUT2D eigenvalue weighted by molar-refractivity contribution is -0.136. The fourth-order valence-corrected chi connectivity index (χ4v) is 7.96. The predicted octanol–water partition coefficient (Wildman–Crippen LogP) is 6.49. The van der Waals surface area contributed by atoms with E-state index in [9.17, 15) is 19.2 Å². The first-order valence-electron chi connectivity index (χ1n) is 18.8. The number of benzene rings is 3. The molecule has 0 radical (unpaired) electrons. The van der Waals surface area contributed by atoms with Gasteiger partial charge in [-0.1, -0.05) is 45.9 Å². The van der Waals surface area contributed by atoms with Crippen LogP contribution in [0.25, 0.3) is 44.0 Å². The molecule has 4 N–H and O–H groups in total. The van der Waals surface area contributed by atoms with E-state index in [2.05, 4.69) is 25.6 Å². The second-order valence-corrected chi connectivity index (χ2v) is 15.1. The summed E-state index contributed by atoms with van der Waals surface area (Å²) in [4.78, 5) is 71.1. The van der Waals surface area contributed by atoms with Gasteiger partial charge in [0.2, 0.25) is 11.8 Å². The molecule has 3 aromatic carbocycles. The van der Waals surface area contributed by atoms with Crippen LogP contribution in [0.15, 0.2) is 42.5 Å². The third-order valence-corrected chi connectivity index (χ3v) is 10.9. The second-order valence-electron chi connectivity index (χ2n) is 15.1. The number of hydrogen-bond acceptors (Lipinski definition) is 8. The summed E-state index contributed by atoms with van der Waals surface area (Å²) in [6.07, 6.45) is 1.62. The van der Waals surface area contributed by atoms with E-state index < -0.39 is 36.1 Å². The lowest BCUT2D eigenvalue weighted by Crippen LogP contribution is -2.51. The van der Waals surface area contributed by atoms with Crippen LogP contribution in [0, 0.1) is 17.7 Å². The maximum absolute atomic E-state index is 15.7. The molecule has 0 saturated carbocycles. The van der Waals surface area contributed by atoms with Crippen LogP contribution in [0.3, 0.4) is 0 Å². The number of nitrogens with one attached hydrogen (secondary N) is 4. The van der Waals surface area contributed by atoms with Gasteiger partial charge >= 0.3 is 12.2 Å². The quantitative estimate of drug-likeness (QED) is 0.132. The Balaban J connectivity index is 1.15. The van der Waals surface area contributed by atoms with Gasteiger partial charge < -0.3 is 39.9 Å². The van der Waals surface area contributed by atoms with Crippen molar-refractivity contribution >= 4 is 56.8 Å². The van der Waals surface area contributed by atoms with Gasteiger partial charge in [-0.05, 0) is 78.3 Å². The number of methoxy groups -OCH3 is 2. The Bertz CT molecular complexity index is 2280. The van der Waals surface area contributed by atoms with Crippen LogP contribution >= 0.6 is 0 Å². The number of rotatable bonds is 9. The van der Waals surface area contributed by atoms with Crippen molar-refractivity contribution in [3.63, 3.8) is 0 Å². The van der Waals surface area contributed by atoms with E-state index >= 15 is 4.39 Å². The number of nitrogens with zero attached hydrogens (tertiary/aromatic N) is 4. The molecule has 0 aliphatic carbocycles. The molecule has 0 bridgehead atoms. The van der Waals surface area contributed by atoms with Crippen LogP contribution in [0.2, 0.25) is 0 Å². The van der Waals surface area contributed by atoms with E-state index in [4.69, 9.17) is 14.5 Å². The van der Waals surface area contributed by atoms with Crippen LogP contribution in [0.1, 0.15) is 77.1 Å². The minimum Gasteiger partial charge on any atom is -0.453 e. The highest BCUT2D eigenvalue weighted by Crippen LogP contribution is 2.37. The molecule has 55 heavy (non-hydrogen) atoms. The van der Waals surface area contributed by atoms with Gasteiger partial charge in [-0.25, -0.2) is 23.9 Å². The first-order valence-corrected chi connectivity index (χ1v) is 18.8. The van der Waals surface area contributed by atoms with Crippen LogP contribution < -0.4 is 10.6 Å². The van der Waals surface area contributed by atoms with Crippen molar-refractivity contribution < 1.29 is 33.0 Å². The van der Waals surface area contributed by atoms with Crippen LogP contribution in [-0.4, -0.2) is 93.1 Å². The normalized spacial score (nSPS) is 18.4. The molecule has 7 rings (SSSR count). The molecule has 2 fully saturated rings. The van der Waals surface area contributed by atoms with Gasteiger partial charge in [0.1, 0.15) is 29.2 Å². The standard InChI is InChI=1S/C40H47FN8O6/c1-20(2)31(46-39(52)54-5)37(50)48-15-7-9-29(48)35-42-27-14-12-23-17-22(11-13-25(23)33(27)44-35)24-18-26(41)34-28(19-24)43-36(45-34)30-10-8-16-49(30)38(51)32(21(3)4)47-40(53)55-6/h11-14,17-21,29-32H,7-10,15-16H2,1-6H3,(H,42,44)(H,43,45)(H,46,52)(H,47,53)/t29-,30-,31-,32-/m0/s1. The number of H-pyrrole nitrogens is 2. The SMILES string of the molecule is COC(=O)N[C@H](C(=O)N1CCC[C@H]1c1nc2c(F)cc(-c3ccc4c(ccc5[nH]c([C@@H]6CCCN6C(=O)[C@@H](NC(=O)OC)C(C)C)nc54)c3)cc2[nH]1)C(C)C. The number of fused-ring (bicyclic) bond motifs is 4. The summed E-state index contributed by atoms with van der Waals surface area (Å²) < 4.78 is 25.3. The van der Waals surface area contributed by atoms with Crippen LogP contribution in [0.4, 0.5) is 14.0 Å². The van der Waals surface area contributed by atoms with Crippen molar-refractivity contribution in [2.45, 2.75) is 77.5 Å². The maximum Gasteiger partial charge on any atom is 0.407 e. The molecule has 0 unspecified atom stereocenters. The van der Waals surface area contributed by atoms with Crippen molar-refractivity contribution in [1.82, 2.24) is 40.4 Å². The molecule has 4 heterocycles. The van der Waals surface area contributed by atoms with E-state index in [0.717, 1.165) is 46.6 Å². The number of aromatic nitrogens is 4. The first-order chi connectivity index (χ1) is 26.4. The number of halogens is 1. The molecule has 0 spiro atoms. The average molecular weight is 755 g/mol. The van der Waals surface area contributed by atoms with Crippen LogP contribution in [-0.2, 0) is 19.1 Å². The number of aromatic amines is 2. The number of likely N-dealkylation sites (tertiary alicyclic amines) is 2. The molecule has 4 atom stereocenters. The summed E-state index contributed by atoms with van der Waals surface area (Å²) >= 11 is 0. The largest absolute Gasteiger partial charge is 0.453 e. The summed E-state index contributed by atoms with van der Waals surface area (Å²) in [5.41, 5.74) is 3.77.